The molecule has 9 aliphatic rings. The molecule has 3 saturated carbocycles. The Kier molecular flexibility index (Phi) is 22.1. The van der Waals surface area contributed by atoms with Gasteiger partial charge in [0.15, 0.2) is 31.5 Å². The van der Waals surface area contributed by atoms with Gasteiger partial charge in [-0.25, -0.2) is 0 Å². The van der Waals surface area contributed by atoms with Gasteiger partial charge in [-0.1, -0.05) is 102 Å². The maximum absolute atomic E-state index is 13.1. The highest BCUT2D eigenvalue weighted by Crippen LogP contribution is 2.78. The van der Waals surface area contributed by atoms with Crippen molar-refractivity contribution < 1.29 is 119 Å². The summed E-state index contributed by atoms with van der Waals surface area (Å²) in [7, 11) is 0. The van der Waals surface area contributed by atoms with Gasteiger partial charge >= 0.3 is 0 Å². The molecule has 4 aliphatic carbocycles. The molecule has 0 amide bonds. The molecule has 34 unspecified atom stereocenters. The number of allylic oxidation sites excluding steroid dienone is 1. The van der Waals surface area contributed by atoms with Gasteiger partial charge in [-0.3, -0.25) is 0 Å². The molecule has 0 aromatic heterocycles. The summed E-state index contributed by atoms with van der Waals surface area (Å²) in [5.41, 5.74) is -1.47. The third-order valence-corrected chi connectivity index (χ3v) is 24.8. The highest BCUT2D eigenvalue weighted by Gasteiger charge is 2.73. The van der Waals surface area contributed by atoms with Gasteiger partial charge in [-0.2, -0.15) is 0 Å². The van der Waals surface area contributed by atoms with Crippen LogP contribution in [0.4, 0.5) is 0 Å². The largest absolute Gasteiger partial charge is 0.394 e. The second kappa shape index (κ2) is 27.4. The summed E-state index contributed by atoms with van der Waals surface area (Å²) < 4.78 is 62.5. The van der Waals surface area contributed by atoms with Crippen molar-refractivity contribution in [1.29, 1.82) is 0 Å². The van der Waals surface area contributed by atoms with Crippen LogP contribution in [0, 0.1) is 68.0 Å². The number of hydrogen-bond acceptors (Lipinski definition) is 24. The molecular weight excluding hydrogens is 1160 g/mol. The lowest BCUT2D eigenvalue weighted by atomic mass is 9.34. The molecule has 24 nitrogen and oxygen atoms in total. The zero-order valence-electron chi connectivity index (χ0n) is 54.6. The van der Waals surface area contributed by atoms with Crippen LogP contribution in [0.5, 0.6) is 0 Å². The van der Waals surface area contributed by atoms with E-state index in [0.29, 0.717) is 25.7 Å². The summed E-state index contributed by atoms with van der Waals surface area (Å²) in [6.45, 7) is 24.7. The SMILES string of the molecule is CC(CCC(OC1OC(COC2OC(CO)C(O)C(O)C2C)CC(O)C1OC1OC(CO)C(C)C(O)C1O)C(C)(C)C)C1CCC2(C)C3CC=C4C(C)(C)C(OC5OC(CO)C(OC6OC(CO)C(C)C(O)C6O)C(O)C5O)CCC4(C)C3(C)C(O)CC12C. The summed E-state index contributed by atoms with van der Waals surface area (Å²) in [4.78, 5) is 0. The maximum Gasteiger partial charge on any atom is 0.187 e. The van der Waals surface area contributed by atoms with Crippen LogP contribution in [0.25, 0.3) is 0 Å². The van der Waals surface area contributed by atoms with Crippen LogP contribution in [0.1, 0.15) is 148 Å². The zero-order chi connectivity index (χ0) is 65.6. The lowest BCUT2D eigenvalue weighted by Gasteiger charge is -2.71. The average Bonchev–Trinajstić information content (AvgIpc) is 1.66. The Balaban J connectivity index is 0.888. The average molecular weight is 1280 g/mol. The molecular formula is C65H112O24. The van der Waals surface area contributed by atoms with Crippen LogP contribution in [-0.4, -0.2) is 252 Å². The fourth-order valence-corrected chi connectivity index (χ4v) is 18.4. The van der Waals surface area contributed by atoms with Crippen LogP contribution < -0.4 is 0 Å². The number of rotatable bonds is 19. The van der Waals surface area contributed by atoms with Crippen molar-refractivity contribution >= 4 is 0 Å². The number of ether oxygens (including phenoxy) is 10. The molecule has 5 heterocycles. The predicted molar refractivity (Wildman–Crippen MR) is 316 cm³/mol. The first-order chi connectivity index (χ1) is 41.6. The Bertz CT molecular complexity index is 2360. The van der Waals surface area contributed by atoms with Gasteiger partial charge in [0, 0.05) is 35.0 Å². The van der Waals surface area contributed by atoms with Crippen molar-refractivity contribution in [3.8, 4) is 0 Å². The number of hydrogen-bond donors (Lipinski definition) is 14. The minimum atomic E-state index is -1.66. The lowest BCUT2D eigenvalue weighted by Crippen LogP contribution is -2.68. The summed E-state index contributed by atoms with van der Waals surface area (Å²) in [5.74, 6) is -1.44. The van der Waals surface area contributed by atoms with Crippen LogP contribution in [0.3, 0.4) is 0 Å². The fraction of sp³-hybridized carbons (Fsp3) is 0.969. The number of aliphatic hydroxyl groups is 14. The fourth-order valence-electron chi connectivity index (χ4n) is 18.4. The van der Waals surface area contributed by atoms with E-state index in [1.54, 1.807) is 20.8 Å². The normalized spacial score (nSPS) is 51.8. The van der Waals surface area contributed by atoms with Gasteiger partial charge < -0.3 is 119 Å². The molecule has 516 valence electrons. The van der Waals surface area contributed by atoms with Crippen LogP contribution in [0.15, 0.2) is 11.6 Å². The Morgan fingerprint density at radius 3 is 1.66 bits per heavy atom. The molecule has 34 atom stereocenters. The highest BCUT2D eigenvalue weighted by atomic mass is 16.8. The smallest absolute Gasteiger partial charge is 0.187 e. The van der Waals surface area contributed by atoms with Gasteiger partial charge in [-0.05, 0) is 90.8 Å². The first kappa shape index (κ1) is 72.1. The lowest BCUT2D eigenvalue weighted by molar-refractivity contribution is -0.363. The van der Waals surface area contributed by atoms with E-state index in [9.17, 15) is 71.5 Å². The van der Waals surface area contributed by atoms with E-state index < -0.39 is 213 Å². The van der Waals surface area contributed by atoms with Gasteiger partial charge in [0.2, 0.25) is 0 Å². The molecule has 0 aromatic carbocycles. The van der Waals surface area contributed by atoms with Gasteiger partial charge in [0.25, 0.3) is 0 Å². The molecule has 0 spiro atoms. The maximum atomic E-state index is 13.1. The van der Waals surface area contributed by atoms with Gasteiger partial charge in [-0.15, -0.1) is 0 Å². The zero-order valence-corrected chi connectivity index (χ0v) is 54.6. The first-order valence-corrected chi connectivity index (χ1v) is 33.1. The molecule has 0 aromatic rings. The van der Waals surface area contributed by atoms with E-state index in [1.165, 1.54) is 0 Å². The molecule has 0 bridgehead atoms. The van der Waals surface area contributed by atoms with E-state index in [0.717, 1.165) is 31.3 Å². The van der Waals surface area contributed by atoms with E-state index in [-0.39, 0.29) is 41.6 Å². The Morgan fingerprint density at radius 1 is 0.562 bits per heavy atom. The summed E-state index contributed by atoms with van der Waals surface area (Å²) in [6.07, 6.45) is -20.7. The monoisotopic (exact) mass is 1280 g/mol. The first-order valence-electron chi connectivity index (χ1n) is 33.1. The Morgan fingerprint density at radius 2 is 1.09 bits per heavy atom. The third-order valence-electron chi connectivity index (χ3n) is 24.8. The molecule has 89 heavy (non-hydrogen) atoms. The minimum Gasteiger partial charge on any atom is -0.394 e. The third kappa shape index (κ3) is 12.8. The van der Waals surface area contributed by atoms with E-state index in [4.69, 9.17) is 47.4 Å². The van der Waals surface area contributed by atoms with Crippen LogP contribution >= 0.6 is 0 Å². The molecule has 0 radical (unpaired) electrons. The van der Waals surface area contributed by atoms with Crippen molar-refractivity contribution in [3.05, 3.63) is 11.6 Å². The molecule has 8 fully saturated rings. The second-order valence-corrected chi connectivity index (χ2v) is 31.0. The number of aliphatic hydroxyl groups excluding tert-OH is 14. The minimum absolute atomic E-state index is 0.0271. The summed E-state index contributed by atoms with van der Waals surface area (Å²) in [5, 5.41) is 154. The van der Waals surface area contributed by atoms with Crippen LogP contribution in [0.2, 0.25) is 0 Å². The molecule has 24 heteroatoms. The molecule has 14 N–H and O–H groups in total. The van der Waals surface area contributed by atoms with Crippen molar-refractivity contribution in [2.24, 2.45) is 68.0 Å². The van der Waals surface area contributed by atoms with Crippen molar-refractivity contribution in [2.75, 3.05) is 33.0 Å². The molecule has 5 aliphatic heterocycles. The molecule has 5 saturated heterocycles. The van der Waals surface area contributed by atoms with E-state index in [1.807, 2.05) is 0 Å². The van der Waals surface area contributed by atoms with Gasteiger partial charge in [0.1, 0.15) is 54.9 Å². The predicted octanol–water partition coefficient (Wildman–Crippen LogP) is 1.11. The number of fused-ring (bicyclic) bond motifs is 5. The van der Waals surface area contributed by atoms with Crippen molar-refractivity contribution in [3.63, 3.8) is 0 Å². The van der Waals surface area contributed by atoms with Gasteiger partial charge in [0.05, 0.1) is 94.1 Å². The van der Waals surface area contributed by atoms with E-state index >= 15 is 0 Å². The van der Waals surface area contributed by atoms with Crippen molar-refractivity contribution in [1.82, 2.24) is 0 Å². The highest BCUT2D eigenvalue weighted by molar-refractivity contribution is 5.36. The van der Waals surface area contributed by atoms with Crippen molar-refractivity contribution in [2.45, 2.75) is 295 Å². The standard InChI is InChI=1S/C65H112O24/c1-29(14-17-43(60(5,6)7)86-59-53(88-57-50(77)45(72)30(2)36(24-66)82-57)35(70)22-33(81-59)28-80-55-32(4)47(74)48(75)38(26-68)84-55)34-18-20-62(10)41-16-15-40-61(8,9)44(19-21-63(40,11)65(41,13)42(71)23-64(34,62)12)87-56-52(79)49(76)54(39(27-69)85-56)89-58-51(78)46(73)31(3)37(25-67)83-58/h15,29-39,41-59,66-79H,14,16-28H2,1-13H3. The summed E-state index contributed by atoms with van der Waals surface area (Å²) >= 11 is 0. The van der Waals surface area contributed by atoms with Crippen LogP contribution in [-0.2, 0) is 47.4 Å². The second-order valence-electron chi connectivity index (χ2n) is 31.0. The Hall–Kier alpha value is -1.22. The Labute approximate surface area is 525 Å². The topological polar surface area (TPSA) is 376 Å². The molecule has 9 rings (SSSR count). The van der Waals surface area contributed by atoms with E-state index in [2.05, 4.69) is 75.3 Å². The summed E-state index contributed by atoms with van der Waals surface area (Å²) in [6, 6.07) is 0. The quantitative estimate of drug-likeness (QED) is 0.0806.